The molecule has 0 aromatic carbocycles. The van der Waals surface area contributed by atoms with E-state index in [2.05, 4.69) is 9.97 Å². The summed E-state index contributed by atoms with van der Waals surface area (Å²) < 4.78 is 0. The Bertz CT molecular complexity index is 236. The first-order valence-corrected chi connectivity index (χ1v) is 3.24. The number of aromatic amines is 1. The van der Waals surface area contributed by atoms with Crippen LogP contribution >= 0.6 is 0 Å². The van der Waals surface area contributed by atoms with Crippen molar-refractivity contribution in [3.05, 3.63) is 24.6 Å². The molecule has 1 unspecified atom stereocenters. The van der Waals surface area contributed by atoms with E-state index >= 15 is 0 Å². The molecule has 1 aliphatic carbocycles. The number of Topliss-reactive ketones (excluding diaryl/α,β-unsaturated/α-hetero) is 1. The number of H-pyrrole nitrogens is 1. The Morgan fingerprint density at radius 1 is 1.80 bits per heavy atom. The highest BCUT2D eigenvalue weighted by molar-refractivity contribution is 5.98. The van der Waals surface area contributed by atoms with Crippen molar-refractivity contribution in [2.24, 2.45) is 5.92 Å². The normalized spacial score (nSPS) is 17.2. The van der Waals surface area contributed by atoms with Crippen molar-refractivity contribution in [1.29, 1.82) is 0 Å². The maximum absolute atomic E-state index is 11.2. The molecular weight excluding hydrogens is 128 g/mol. The zero-order valence-corrected chi connectivity index (χ0v) is 5.37. The number of nitrogens with one attached hydrogen (secondary N) is 1. The standard InChI is InChI=1S/C7H7N2O/c10-7(5-1-2-5)6-3-8-4-9-6/h1,3-5H,2H2,(H,8,9). The van der Waals surface area contributed by atoms with Crippen LogP contribution in [0.15, 0.2) is 12.5 Å². The summed E-state index contributed by atoms with van der Waals surface area (Å²) in [7, 11) is 0. The fourth-order valence-electron chi connectivity index (χ4n) is 0.867. The molecule has 51 valence electrons. The maximum Gasteiger partial charge on any atom is 0.186 e. The number of rotatable bonds is 2. The summed E-state index contributed by atoms with van der Waals surface area (Å²) in [6, 6.07) is 0. The minimum Gasteiger partial charge on any atom is -0.350 e. The topological polar surface area (TPSA) is 45.8 Å². The Morgan fingerprint density at radius 2 is 2.60 bits per heavy atom. The van der Waals surface area contributed by atoms with Crippen molar-refractivity contribution in [1.82, 2.24) is 9.97 Å². The molecule has 0 bridgehead atoms. The Balaban J connectivity index is 2.19. The van der Waals surface area contributed by atoms with E-state index in [9.17, 15) is 4.79 Å². The van der Waals surface area contributed by atoms with Crippen LogP contribution in [0.25, 0.3) is 0 Å². The summed E-state index contributed by atoms with van der Waals surface area (Å²) in [5.74, 6) is 0.296. The van der Waals surface area contributed by atoms with Crippen LogP contribution in [0, 0.1) is 12.3 Å². The second kappa shape index (κ2) is 1.94. The first-order chi connectivity index (χ1) is 4.88. The number of nitrogens with zero attached hydrogens (tertiary/aromatic N) is 1. The number of carbonyl (C=O) groups excluding carboxylic acids is 1. The zero-order valence-electron chi connectivity index (χ0n) is 5.37. The molecule has 0 amide bonds. The molecular formula is C7H7N2O. The lowest BCUT2D eigenvalue weighted by atomic mass is 10.2. The lowest BCUT2D eigenvalue weighted by Crippen LogP contribution is -2.00. The second-order valence-electron chi connectivity index (χ2n) is 2.40. The summed E-state index contributed by atoms with van der Waals surface area (Å²) in [4.78, 5) is 17.8. The molecule has 1 heterocycles. The molecule has 1 aromatic heterocycles. The number of aromatic nitrogens is 2. The van der Waals surface area contributed by atoms with Crippen LogP contribution in [0.5, 0.6) is 0 Å². The van der Waals surface area contributed by atoms with Crippen LogP contribution in [-0.2, 0) is 0 Å². The van der Waals surface area contributed by atoms with Gasteiger partial charge in [0.2, 0.25) is 0 Å². The predicted molar refractivity (Wildman–Crippen MR) is 35.3 cm³/mol. The van der Waals surface area contributed by atoms with Crippen LogP contribution in [-0.4, -0.2) is 15.8 Å². The first-order valence-electron chi connectivity index (χ1n) is 3.24. The van der Waals surface area contributed by atoms with Crippen molar-refractivity contribution >= 4 is 5.78 Å². The van der Waals surface area contributed by atoms with Gasteiger partial charge >= 0.3 is 0 Å². The average molecular weight is 135 g/mol. The van der Waals surface area contributed by atoms with Crippen LogP contribution in [0.2, 0.25) is 0 Å². The molecule has 0 saturated heterocycles. The van der Waals surface area contributed by atoms with Gasteiger partial charge in [-0.15, -0.1) is 0 Å². The third-order valence-corrected chi connectivity index (χ3v) is 1.56. The van der Waals surface area contributed by atoms with Gasteiger partial charge in [0.05, 0.1) is 6.33 Å². The van der Waals surface area contributed by atoms with Gasteiger partial charge in [-0.05, 0) is 12.8 Å². The second-order valence-corrected chi connectivity index (χ2v) is 2.40. The SMILES string of the molecule is O=C(c1c[nH]cn1)C1[CH]C1. The fourth-order valence-corrected chi connectivity index (χ4v) is 0.867. The number of carbonyl (C=O) groups is 1. The Hall–Kier alpha value is -1.12. The lowest BCUT2D eigenvalue weighted by Gasteiger charge is -1.87. The van der Waals surface area contributed by atoms with Gasteiger partial charge < -0.3 is 4.98 Å². The molecule has 1 aliphatic rings. The van der Waals surface area contributed by atoms with Gasteiger partial charge in [0.15, 0.2) is 5.78 Å². The first kappa shape index (κ1) is 5.65. The third-order valence-electron chi connectivity index (χ3n) is 1.56. The van der Waals surface area contributed by atoms with Crippen molar-refractivity contribution in [2.45, 2.75) is 6.42 Å². The predicted octanol–water partition coefficient (Wildman–Crippen LogP) is 0.817. The van der Waals surface area contributed by atoms with E-state index in [0.29, 0.717) is 5.69 Å². The molecule has 2 rings (SSSR count). The van der Waals surface area contributed by atoms with E-state index in [1.54, 1.807) is 6.20 Å². The molecule has 1 radical (unpaired) electrons. The van der Waals surface area contributed by atoms with Crippen LogP contribution < -0.4 is 0 Å². The van der Waals surface area contributed by atoms with Gasteiger partial charge in [0.25, 0.3) is 0 Å². The lowest BCUT2D eigenvalue weighted by molar-refractivity contribution is 0.0968. The third kappa shape index (κ3) is 0.835. The summed E-state index contributed by atoms with van der Waals surface area (Å²) in [5, 5.41) is 0. The Morgan fingerprint density at radius 3 is 3.10 bits per heavy atom. The highest BCUT2D eigenvalue weighted by Gasteiger charge is 2.31. The van der Waals surface area contributed by atoms with Gasteiger partial charge in [-0.3, -0.25) is 4.79 Å². The quantitative estimate of drug-likeness (QED) is 0.610. The summed E-state index contributed by atoms with van der Waals surface area (Å²) in [6.45, 7) is 0. The summed E-state index contributed by atoms with van der Waals surface area (Å²) in [6.07, 6.45) is 6.06. The van der Waals surface area contributed by atoms with Crippen LogP contribution in [0.3, 0.4) is 0 Å². The van der Waals surface area contributed by atoms with E-state index < -0.39 is 0 Å². The molecule has 3 heteroatoms. The minimum atomic E-state index is 0.140. The van der Waals surface area contributed by atoms with Crippen LogP contribution in [0.4, 0.5) is 0 Å². The highest BCUT2D eigenvalue weighted by Crippen LogP contribution is 2.30. The molecule has 10 heavy (non-hydrogen) atoms. The number of hydrogen-bond acceptors (Lipinski definition) is 2. The van der Waals surface area contributed by atoms with E-state index in [1.165, 1.54) is 6.33 Å². The average Bonchev–Trinajstić information content (AvgIpc) is 2.65. The van der Waals surface area contributed by atoms with Crippen molar-refractivity contribution in [3.8, 4) is 0 Å². The Kier molecular flexibility index (Phi) is 1.09. The molecule has 1 atom stereocenters. The van der Waals surface area contributed by atoms with Crippen molar-refractivity contribution in [3.63, 3.8) is 0 Å². The number of ketones is 1. The van der Waals surface area contributed by atoms with Gasteiger partial charge in [-0.1, -0.05) is 0 Å². The van der Waals surface area contributed by atoms with Crippen LogP contribution in [0.1, 0.15) is 16.9 Å². The Labute approximate surface area is 58.5 Å². The van der Waals surface area contributed by atoms with E-state index in [0.717, 1.165) is 6.42 Å². The number of hydrogen-bond donors (Lipinski definition) is 1. The summed E-state index contributed by atoms with van der Waals surface area (Å²) in [5.41, 5.74) is 0.554. The smallest absolute Gasteiger partial charge is 0.186 e. The van der Waals surface area contributed by atoms with E-state index in [1.807, 2.05) is 6.42 Å². The zero-order chi connectivity index (χ0) is 6.97. The minimum absolute atomic E-state index is 0.140. The molecule has 1 saturated carbocycles. The monoisotopic (exact) mass is 135 g/mol. The van der Waals surface area contributed by atoms with Gasteiger partial charge in [0, 0.05) is 12.1 Å². The van der Waals surface area contributed by atoms with Gasteiger partial charge in [0.1, 0.15) is 5.69 Å². The van der Waals surface area contributed by atoms with Crippen molar-refractivity contribution < 1.29 is 4.79 Å². The van der Waals surface area contributed by atoms with Crippen molar-refractivity contribution in [2.75, 3.05) is 0 Å². The largest absolute Gasteiger partial charge is 0.350 e. The molecule has 0 spiro atoms. The molecule has 1 aromatic rings. The van der Waals surface area contributed by atoms with Gasteiger partial charge in [-0.25, -0.2) is 4.98 Å². The summed E-state index contributed by atoms with van der Waals surface area (Å²) >= 11 is 0. The van der Waals surface area contributed by atoms with Gasteiger partial charge in [-0.2, -0.15) is 0 Å². The molecule has 1 N–H and O–H groups in total. The molecule has 1 fully saturated rings. The van der Waals surface area contributed by atoms with E-state index in [-0.39, 0.29) is 11.7 Å². The van der Waals surface area contributed by atoms with E-state index in [4.69, 9.17) is 0 Å². The maximum atomic E-state index is 11.2. The molecule has 3 nitrogen and oxygen atoms in total. The fraction of sp³-hybridized carbons (Fsp3) is 0.286. The number of imidazole rings is 1. The molecule has 0 aliphatic heterocycles. The highest BCUT2D eigenvalue weighted by atomic mass is 16.1.